The molecule has 0 spiro atoms. The van der Waals surface area contributed by atoms with Crippen LogP contribution in [0.1, 0.15) is 16.1 Å². The Morgan fingerprint density at radius 2 is 2.24 bits per heavy atom. The number of halogens is 1. The third-order valence-corrected chi connectivity index (χ3v) is 2.33. The molecule has 2 aromatic rings. The Balaban J connectivity index is 2.46. The minimum absolute atomic E-state index is 0.191. The van der Waals surface area contributed by atoms with Crippen molar-refractivity contribution >= 4 is 17.6 Å². The number of carbonyl (C=O) groups is 1. The average molecular weight is 254 g/mol. The molecule has 2 rings (SSSR count). The van der Waals surface area contributed by atoms with Gasteiger partial charge in [-0.3, -0.25) is 0 Å². The zero-order chi connectivity index (χ0) is 12.4. The molecule has 0 radical (unpaired) electrons. The quantitative estimate of drug-likeness (QED) is 0.855. The summed E-state index contributed by atoms with van der Waals surface area (Å²) in [7, 11) is 0. The monoisotopic (exact) mass is 253 g/mol. The van der Waals surface area contributed by atoms with Gasteiger partial charge in [-0.1, -0.05) is 11.6 Å². The van der Waals surface area contributed by atoms with Crippen LogP contribution in [-0.2, 0) is 6.61 Å². The molecule has 7 heteroatoms. The third kappa shape index (κ3) is 2.27. The summed E-state index contributed by atoms with van der Waals surface area (Å²) in [5.74, 6) is -0.765. The fraction of sp³-hybridized carbons (Fsp3) is 0.100. The van der Waals surface area contributed by atoms with E-state index in [0.717, 1.165) is 0 Å². The van der Waals surface area contributed by atoms with E-state index in [1.165, 1.54) is 17.1 Å². The highest BCUT2D eigenvalue weighted by Gasteiger charge is 2.15. The maximum atomic E-state index is 10.9. The molecule has 0 aliphatic rings. The molecule has 2 aromatic heterocycles. The van der Waals surface area contributed by atoms with Gasteiger partial charge in [0.05, 0.1) is 11.6 Å². The average Bonchev–Trinajstić information content (AvgIpc) is 2.74. The zero-order valence-corrected chi connectivity index (χ0v) is 9.29. The van der Waals surface area contributed by atoms with Crippen molar-refractivity contribution in [1.82, 2.24) is 14.8 Å². The standard InChI is InChI=1S/C10H8ClN3O3/c11-7-1-2-8(12-3-7)14-4-6(5-15)9(13-14)10(16)17/h1-4,15H,5H2,(H,16,17). The molecule has 0 unspecified atom stereocenters. The molecule has 0 aliphatic heterocycles. The lowest BCUT2D eigenvalue weighted by Gasteiger charge is -1.98. The maximum absolute atomic E-state index is 10.9. The molecule has 0 fully saturated rings. The van der Waals surface area contributed by atoms with Gasteiger partial charge < -0.3 is 10.2 Å². The maximum Gasteiger partial charge on any atom is 0.356 e. The van der Waals surface area contributed by atoms with Gasteiger partial charge in [0, 0.05) is 18.0 Å². The van der Waals surface area contributed by atoms with Gasteiger partial charge in [-0.2, -0.15) is 5.10 Å². The molecule has 0 bridgehead atoms. The zero-order valence-electron chi connectivity index (χ0n) is 8.54. The van der Waals surface area contributed by atoms with Crippen LogP contribution in [0.2, 0.25) is 5.02 Å². The summed E-state index contributed by atoms with van der Waals surface area (Å²) in [4.78, 5) is 14.8. The molecule has 2 heterocycles. The number of aromatic nitrogens is 3. The highest BCUT2D eigenvalue weighted by atomic mass is 35.5. The van der Waals surface area contributed by atoms with E-state index >= 15 is 0 Å². The number of aliphatic hydroxyl groups excluding tert-OH is 1. The SMILES string of the molecule is O=C(O)c1nn(-c2ccc(Cl)cn2)cc1CO. The van der Waals surface area contributed by atoms with Crippen LogP contribution in [0.15, 0.2) is 24.5 Å². The van der Waals surface area contributed by atoms with E-state index in [9.17, 15) is 4.79 Å². The summed E-state index contributed by atoms with van der Waals surface area (Å²) >= 11 is 5.69. The first kappa shape index (κ1) is 11.6. The second-order valence-electron chi connectivity index (χ2n) is 3.25. The number of aromatic carboxylic acids is 1. The smallest absolute Gasteiger partial charge is 0.356 e. The second-order valence-corrected chi connectivity index (χ2v) is 3.68. The first-order chi connectivity index (χ1) is 8.11. The van der Waals surface area contributed by atoms with E-state index in [1.54, 1.807) is 12.1 Å². The van der Waals surface area contributed by atoms with E-state index in [-0.39, 0.29) is 11.3 Å². The van der Waals surface area contributed by atoms with Crippen molar-refractivity contribution in [2.45, 2.75) is 6.61 Å². The lowest BCUT2D eigenvalue weighted by atomic mass is 10.3. The lowest BCUT2D eigenvalue weighted by molar-refractivity contribution is 0.0686. The largest absolute Gasteiger partial charge is 0.476 e. The van der Waals surface area contributed by atoms with Crippen LogP contribution in [0.4, 0.5) is 0 Å². The van der Waals surface area contributed by atoms with Crippen LogP contribution in [0, 0.1) is 0 Å². The first-order valence-electron chi connectivity index (χ1n) is 4.66. The highest BCUT2D eigenvalue weighted by molar-refractivity contribution is 6.30. The van der Waals surface area contributed by atoms with E-state index in [2.05, 4.69) is 10.1 Å². The van der Waals surface area contributed by atoms with Gasteiger partial charge in [0.1, 0.15) is 0 Å². The Hall–Kier alpha value is -1.92. The molecular formula is C10H8ClN3O3. The number of carboxylic acids is 1. The molecule has 88 valence electrons. The predicted octanol–water partition coefficient (Wildman–Crippen LogP) is 1.11. The fourth-order valence-electron chi connectivity index (χ4n) is 1.33. The van der Waals surface area contributed by atoms with Crippen LogP contribution in [0.5, 0.6) is 0 Å². The molecule has 6 nitrogen and oxygen atoms in total. The third-order valence-electron chi connectivity index (χ3n) is 2.11. The number of carboxylic acid groups (broad SMARTS) is 1. The van der Waals surface area contributed by atoms with Crippen molar-refractivity contribution < 1.29 is 15.0 Å². The fourth-order valence-corrected chi connectivity index (χ4v) is 1.44. The first-order valence-corrected chi connectivity index (χ1v) is 5.04. The predicted molar refractivity (Wildman–Crippen MR) is 59.3 cm³/mol. The topological polar surface area (TPSA) is 88.2 Å². The van der Waals surface area contributed by atoms with E-state index in [1.807, 2.05) is 0 Å². The number of hydrogen-bond acceptors (Lipinski definition) is 4. The van der Waals surface area contributed by atoms with Crippen molar-refractivity contribution in [3.8, 4) is 5.82 Å². The Morgan fingerprint density at radius 3 is 2.71 bits per heavy atom. The summed E-state index contributed by atoms with van der Waals surface area (Å²) in [5.41, 5.74) is 0.0403. The van der Waals surface area contributed by atoms with Crippen LogP contribution in [0.3, 0.4) is 0 Å². The van der Waals surface area contributed by atoms with Gasteiger partial charge in [0.2, 0.25) is 0 Å². The van der Waals surface area contributed by atoms with Gasteiger partial charge in [-0.15, -0.1) is 0 Å². The van der Waals surface area contributed by atoms with Crippen LogP contribution in [0.25, 0.3) is 5.82 Å². The Labute approximate surface area is 101 Å². The summed E-state index contributed by atoms with van der Waals surface area (Å²) in [6.07, 6.45) is 2.84. The van der Waals surface area contributed by atoms with Crippen molar-refractivity contribution in [3.05, 3.63) is 40.8 Å². The molecule has 0 aromatic carbocycles. The molecule has 0 amide bonds. The minimum Gasteiger partial charge on any atom is -0.476 e. The minimum atomic E-state index is -1.19. The van der Waals surface area contributed by atoms with E-state index in [0.29, 0.717) is 10.8 Å². The summed E-state index contributed by atoms with van der Waals surface area (Å²) in [6.45, 7) is -0.394. The van der Waals surface area contributed by atoms with E-state index < -0.39 is 12.6 Å². The molecular weight excluding hydrogens is 246 g/mol. The Morgan fingerprint density at radius 1 is 1.47 bits per heavy atom. The van der Waals surface area contributed by atoms with Crippen LogP contribution in [-0.4, -0.2) is 30.9 Å². The molecule has 0 aliphatic carbocycles. The second kappa shape index (κ2) is 4.52. The van der Waals surface area contributed by atoms with Gasteiger partial charge in [-0.05, 0) is 12.1 Å². The number of hydrogen-bond donors (Lipinski definition) is 2. The van der Waals surface area contributed by atoms with Crippen LogP contribution < -0.4 is 0 Å². The molecule has 0 saturated heterocycles. The van der Waals surface area contributed by atoms with Crippen LogP contribution >= 0.6 is 11.6 Å². The summed E-state index contributed by atoms with van der Waals surface area (Å²) in [5, 5.41) is 22.2. The number of rotatable bonds is 3. The van der Waals surface area contributed by atoms with Crippen molar-refractivity contribution in [1.29, 1.82) is 0 Å². The van der Waals surface area contributed by atoms with Gasteiger partial charge in [0.25, 0.3) is 0 Å². The summed E-state index contributed by atoms with van der Waals surface area (Å²) < 4.78 is 1.28. The van der Waals surface area contributed by atoms with Crippen molar-refractivity contribution in [3.63, 3.8) is 0 Å². The number of aliphatic hydroxyl groups is 1. The Kier molecular flexibility index (Phi) is 3.08. The van der Waals surface area contributed by atoms with Crippen molar-refractivity contribution in [2.24, 2.45) is 0 Å². The highest BCUT2D eigenvalue weighted by Crippen LogP contribution is 2.13. The molecule has 2 N–H and O–H groups in total. The van der Waals surface area contributed by atoms with Gasteiger partial charge in [0.15, 0.2) is 11.5 Å². The molecule has 0 atom stereocenters. The molecule has 17 heavy (non-hydrogen) atoms. The lowest BCUT2D eigenvalue weighted by Crippen LogP contribution is -2.03. The van der Waals surface area contributed by atoms with Crippen molar-refractivity contribution in [2.75, 3.05) is 0 Å². The Bertz CT molecular complexity index is 550. The van der Waals surface area contributed by atoms with Gasteiger partial charge in [-0.25, -0.2) is 14.5 Å². The number of pyridine rings is 1. The van der Waals surface area contributed by atoms with Gasteiger partial charge >= 0.3 is 5.97 Å². The normalized spacial score (nSPS) is 10.5. The number of nitrogens with zero attached hydrogens (tertiary/aromatic N) is 3. The molecule has 0 saturated carbocycles. The van der Waals surface area contributed by atoms with E-state index in [4.69, 9.17) is 21.8 Å². The summed E-state index contributed by atoms with van der Waals surface area (Å²) in [6, 6.07) is 3.22.